The Morgan fingerprint density at radius 2 is 2.19 bits per heavy atom. The number of amides is 1. The fraction of sp³-hybridized carbons (Fsp3) is 0.368. The average Bonchev–Trinajstić information content (AvgIpc) is 3.00. The molecular weight excluding hydrogens is 355 g/mol. The third kappa shape index (κ3) is 3.07. The van der Waals surface area contributed by atoms with Crippen LogP contribution in [-0.2, 0) is 13.0 Å². The van der Waals surface area contributed by atoms with Crippen LogP contribution < -0.4 is 10.5 Å². The molecule has 0 radical (unpaired) electrons. The van der Waals surface area contributed by atoms with Crippen molar-refractivity contribution in [2.75, 3.05) is 0 Å². The van der Waals surface area contributed by atoms with Crippen LogP contribution in [0.25, 0.3) is 11.0 Å². The predicted molar refractivity (Wildman–Crippen MR) is 97.4 cm³/mol. The SMILES string of the molecule is Cc1ncc(COc2ccc3oc(C)c(C(N)=O)c3c2CC2(F)CC2)s1. The molecule has 1 amide bonds. The number of benzene rings is 1. The molecule has 0 atom stereocenters. The number of carbonyl (C=O) groups is 1. The Kier molecular flexibility index (Phi) is 3.99. The quantitative estimate of drug-likeness (QED) is 0.700. The summed E-state index contributed by atoms with van der Waals surface area (Å²) < 4.78 is 26.2. The van der Waals surface area contributed by atoms with Crippen LogP contribution in [0.3, 0.4) is 0 Å². The number of rotatable bonds is 6. The van der Waals surface area contributed by atoms with Crippen LogP contribution in [0.2, 0.25) is 0 Å². The third-order valence-electron chi connectivity index (χ3n) is 4.67. The highest BCUT2D eigenvalue weighted by molar-refractivity contribution is 7.11. The van der Waals surface area contributed by atoms with Gasteiger partial charge < -0.3 is 14.9 Å². The van der Waals surface area contributed by atoms with Gasteiger partial charge in [-0.15, -0.1) is 11.3 Å². The van der Waals surface area contributed by atoms with E-state index in [1.807, 2.05) is 6.92 Å². The van der Waals surface area contributed by atoms with Gasteiger partial charge in [0, 0.05) is 23.6 Å². The lowest BCUT2D eigenvalue weighted by Crippen LogP contribution is -2.14. The van der Waals surface area contributed by atoms with Crippen LogP contribution in [0.4, 0.5) is 4.39 Å². The molecule has 0 saturated heterocycles. The standard InChI is InChI=1S/C19H19FN2O3S/c1-10-16(18(21)23)17-13(7-19(20)5-6-19)14(3-4-15(17)25-10)24-9-12-8-22-11(2)26-12/h3-4,8H,5-7,9H2,1-2H3,(H2,21,23). The summed E-state index contributed by atoms with van der Waals surface area (Å²) in [7, 11) is 0. The second-order valence-electron chi connectivity index (χ2n) is 6.77. The maximum absolute atomic E-state index is 14.6. The van der Waals surface area contributed by atoms with Gasteiger partial charge >= 0.3 is 0 Å². The van der Waals surface area contributed by atoms with Gasteiger partial charge in [-0.05, 0) is 38.8 Å². The number of thiazole rings is 1. The van der Waals surface area contributed by atoms with E-state index in [1.54, 1.807) is 36.6 Å². The number of ether oxygens (including phenoxy) is 1. The molecule has 0 aliphatic heterocycles. The fourth-order valence-corrected chi connectivity index (χ4v) is 3.92. The fourth-order valence-electron chi connectivity index (χ4n) is 3.22. The minimum atomic E-state index is -1.24. The van der Waals surface area contributed by atoms with Gasteiger partial charge in [-0.2, -0.15) is 0 Å². The summed E-state index contributed by atoms with van der Waals surface area (Å²) in [5.41, 5.74) is 5.78. The van der Waals surface area contributed by atoms with E-state index in [9.17, 15) is 9.18 Å². The zero-order valence-corrected chi connectivity index (χ0v) is 15.4. The maximum Gasteiger partial charge on any atom is 0.252 e. The molecule has 2 heterocycles. The number of fused-ring (bicyclic) bond motifs is 1. The number of hydrogen-bond acceptors (Lipinski definition) is 5. The molecule has 136 valence electrons. The first-order valence-electron chi connectivity index (χ1n) is 8.44. The summed E-state index contributed by atoms with van der Waals surface area (Å²) in [6, 6.07) is 3.51. The van der Waals surface area contributed by atoms with E-state index < -0.39 is 11.6 Å². The smallest absolute Gasteiger partial charge is 0.252 e. The predicted octanol–water partition coefficient (Wildman–Crippen LogP) is 4.23. The van der Waals surface area contributed by atoms with Crippen molar-refractivity contribution in [3.05, 3.63) is 45.1 Å². The summed E-state index contributed by atoms with van der Waals surface area (Å²) in [5, 5.41) is 1.53. The molecule has 4 rings (SSSR count). The van der Waals surface area contributed by atoms with Crippen molar-refractivity contribution in [1.29, 1.82) is 0 Å². The van der Waals surface area contributed by atoms with Crippen LogP contribution >= 0.6 is 11.3 Å². The topological polar surface area (TPSA) is 78.3 Å². The average molecular weight is 374 g/mol. The Morgan fingerprint density at radius 3 is 2.81 bits per heavy atom. The van der Waals surface area contributed by atoms with Gasteiger partial charge in [0.15, 0.2) is 0 Å². The van der Waals surface area contributed by atoms with Gasteiger partial charge in [0.25, 0.3) is 5.91 Å². The van der Waals surface area contributed by atoms with E-state index >= 15 is 0 Å². The van der Waals surface area contributed by atoms with Crippen molar-refractivity contribution in [2.24, 2.45) is 5.73 Å². The highest BCUT2D eigenvalue weighted by Gasteiger charge is 2.44. The number of carbonyl (C=O) groups excluding carboxylic acids is 1. The number of nitrogens with two attached hydrogens (primary N) is 1. The second kappa shape index (κ2) is 6.09. The molecular formula is C19H19FN2O3S. The van der Waals surface area contributed by atoms with Gasteiger partial charge in [-0.25, -0.2) is 9.37 Å². The number of primary amides is 1. The Balaban J connectivity index is 1.79. The minimum Gasteiger partial charge on any atom is -0.488 e. The molecule has 2 N–H and O–H groups in total. The third-order valence-corrected chi connectivity index (χ3v) is 5.55. The lowest BCUT2D eigenvalue weighted by Gasteiger charge is -2.14. The highest BCUT2D eigenvalue weighted by atomic mass is 32.1. The number of aryl methyl sites for hydroxylation is 2. The van der Waals surface area contributed by atoms with Crippen LogP contribution in [0.1, 0.15) is 44.4 Å². The molecule has 0 unspecified atom stereocenters. The minimum absolute atomic E-state index is 0.181. The van der Waals surface area contributed by atoms with Gasteiger partial charge in [0.2, 0.25) is 0 Å². The number of alkyl halides is 1. The number of nitrogens with zero attached hydrogens (tertiary/aromatic N) is 1. The Labute approximate surface area is 154 Å². The summed E-state index contributed by atoms with van der Waals surface area (Å²) in [4.78, 5) is 17.1. The molecule has 0 bridgehead atoms. The van der Waals surface area contributed by atoms with E-state index in [1.165, 1.54) is 0 Å². The van der Waals surface area contributed by atoms with Crippen LogP contribution in [0, 0.1) is 13.8 Å². The lowest BCUT2D eigenvalue weighted by molar-refractivity contribution is 0.1000. The van der Waals surface area contributed by atoms with Crippen molar-refractivity contribution >= 4 is 28.2 Å². The van der Waals surface area contributed by atoms with E-state index in [-0.39, 0.29) is 6.42 Å². The lowest BCUT2D eigenvalue weighted by atomic mass is 9.98. The van der Waals surface area contributed by atoms with E-state index in [4.69, 9.17) is 14.9 Å². The molecule has 2 aromatic heterocycles. The largest absolute Gasteiger partial charge is 0.488 e. The molecule has 26 heavy (non-hydrogen) atoms. The van der Waals surface area contributed by atoms with Crippen molar-refractivity contribution in [3.63, 3.8) is 0 Å². The number of furan rings is 1. The number of aromatic nitrogens is 1. The van der Waals surface area contributed by atoms with E-state index in [2.05, 4.69) is 4.98 Å². The summed E-state index contributed by atoms with van der Waals surface area (Å²) in [5.74, 6) is 0.407. The molecule has 1 aliphatic carbocycles. The van der Waals surface area contributed by atoms with Gasteiger partial charge in [0.05, 0.1) is 15.4 Å². The second-order valence-corrected chi connectivity index (χ2v) is 8.09. The van der Waals surface area contributed by atoms with Crippen molar-refractivity contribution < 1.29 is 18.3 Å². The number of hydrogen-bond donors (Lipinski definition) is 1. The molecule has 1 aliphatic rings. The zero-order chi connectivity index (χ0) is 18.5. The van der Waals surface area contributed by atoms with E-state index in [0.29, 0.717) is 53.1 Å². The highest BCUT2D eigenvalue weighted by Crippen LogP contribution is 2.46. The van der Waals surface area contributed by atoms with Gasteiger partial charge in [-0.3, -0.25) is 4.79 Å². The Morgan fingerprint density at radius 1 is 1.42 bits per heavy atom. The monoisotopic (exact) mass is 374 g/mol. The normalized spacial score (nSPS) is 15.3. The maximum atomic E-state index is 14.6. The van der Waals surface area contributed by atoms with Gasteiger partial charge in [0.1, 0.15) is 29.4 Å². The summed E-state index contributed by atoms with van der Waals surface area (Å²) >= 11 is 1.55. The molecule has 0 spiro atoms. The summed E-state index contributed by atoms with van der Waals surface area (Å²) in [6.45, 7) is 3.96. The molecule has 1 aromatic carbocycles. The molecule has 1 fully saturated rings. The first kappa shape index (κ1) is 17.0. The Bertz CT molecular complexity index is 1000. The van der Waals surface area contributed by atoms with E-state index in [0.717, 1.165) is 9.88 Å². The Hall–Kier alpha value is -2.41. The zero-order valence-electron chi connectivity index (χ0n) is 14.6. The van der Waals surface area contributed by atoms with Crippen molar-refractivity contribution in [3.8, 4) is 5.75 Å². The molecule has 1 saturated carbocycles. The first-order chi connectivity index (χ1) is 12.4. The van der Waals surface area contributed by atoms with Crippen LogP contribution in [-0.4, -0.2) is 16.6 Å². The number of halogens is 1. The van der Waals surface area contributed by atoms with Crippen LogP contribution in [0.5, 0.6) is 5.75 Å². The first-order valence-corrected chi connectivity index (χ1v) is 9.26. The van der Waals surface area contributed by atoms with Crippen molar-refractivity contribution in [1.82, 2.24) is 4.98 Å². The van der Waals surface area contributed by atoms with Gasteiger partial charge in [-0.1, -0.05) is 0 Å². The molecule has 5 nitrogen and oxygen atoms in total. The van der Waals surface area contributed by atoms with Crippen LogP contribution in [0.15, 0.2) is 22.7 Å². The molecule has 7 heteroatoms. The molecule has 3 aromatic rings. The van der Waals surface area contributed by atoms with Crippen molar-refractivity contribution in [2.45, 2.75) is 45.4 Å². The summed E-state index contributed by atoms with van der Waals surface area (Å²) in [6.07, 6.45) is 2.98.